The fourth-order valence-corrected chi connectivity index (χ4v) is 1.34. The molecule has 15 heavy (non-hydrogen) atoms. The molecule has 0 N–H and O–H groups in total. The van der Waals surface area contributed by atoms with Crippen molar-refractivity contribution in [2.75, 3.05) is 6.61 Å². The number of esters is 1. The van der Waals surface area contributed by atoms with Crippen LogP contribution < -0.4 is 0 Å². The number of hydrogen-bond donors (Lipinski definition) is 0. The number of hydrogen-bond acceptors (Lipinski definition) is 2. The van der Waals surface area contributed by atoms with Gasteiger partial charge in [-0.05, 0) is 25.7 Å². The van der Waals surface area contributed by atoms with E-state index >= 15 is 0 Å². The Hall–Kier alpha value is -0.790. The van der Waals surface area contributed by atoms with Crippen LogP contribution in [0.1, 0.15) is 58.8 Å². The molecular weight excluding hydrogens is 188 g/mol. The molecule has 0 aromatic rings. The van der Waals surface area contributed by atoms with Crippen LogP contribution in [0, 0.1) is 0 Å². The minimum atomic E-state index is -0.169. The quantitative estimate of drug-likeness (QED) is 0.329. The zero-order chi connectivity index (χ0) is 11.4. The van der Waals surface area contributed by atoms with Crippen molar-refractivity contribution in [3.8, 4) is 0 Å². The maximum absolute atomic E-state index is 10.4. The highest BCUT2D eigenvalue weighted by molar-refractivity contribution is 5.65. The Morgan fingerprint density at radius 1 is 1.07 bits per heavy atom. The summed E-state index contributed by atoms with van der Waals surface area (Å²) in [5.74, 6) is -0.169. The second-order valence-electron chi connectivity index (χ2n) is 3.80. The van der Waals surface area contributed by atoms with Gasteiger partial charge in [0.2, 0.25) is 0 Å². The molecule has 0 spiro atoms. The molecule has 0 aromatic heterocycles. The third-order valence-electron chi connectivity index (χ3n) is 2.19. The molecule has 2 heteroatoms. The Morgan fingerprint density at radius 2 is 1.73 bits per heavy atom. The number of ether oxygens (including phenoxy) is 1. The average Bonchev–Trinajstić information content (AvgIpc) is 2.20. The minimum absolute atomic E-state index is 0.169. The molecule has 0 aliphatic heterocycles. The predicted octanol–water partition coefficient (Wildman–Crippen LogP) is 3.86. The smallest absolute Gasteiger partial charge is 0.302 e. The number of allylic oxidation sites excluding steroid dienone is 2. The van der Waals surface area contributed by atoms with Crippen molar-refractivity contribution >= 4 is 5.97 Å². The van der Waals surface area contributed by atoms with Crippen molar-refractivity contribution < 1.29 is 9.53 Å². The Bertz CT molecular complexity index is 173. The first kappa shape index (κ1) is 14.2. The fraction of sp³-hybridized carbons (Fsp3) is 0.769. The van der Waals surface area contributed by atoms with Crippen molar-refractivity contribution in [1.82, 2.24) is 0 Å². The van der Waals surface area contributed by atoms with Crippen LogP contribution >= 0.6 is 0 Å². The van der Waals surface area contributed by atoms with Crippen LogP contribution in [0.2, 0.25) is 0 Å². The van der Waals surface area contributed by atoms with E-state index in [1.807, 2.05) is 0 Å². The van der Waals surface area contributed by atoms with Crippen LogP contribution in [0.15, 0.2) is 12.2 Å². The number of carbonyl (C=O) groups excluding carboxylic acids is 1. The molecule has 0 amide bonds. The van der Waals surface area contributed by atoms with E-state index in [2.05, 4.69) is 19.1 Å². The van der Waals surface area contributed by atoms with Gasteiger partial charge in [0.15, 0.2) is 0 Å². The zero-order valence-electron chi connectivity index (χ0n) is 10.1. The first-order valence-corrected chi connectivity index (χ1v) is 6.05. The average molecular weight is 212 g/mol. The number of rotatable bonds is 9. The lowest BCUT2D eigenvalue weighted by molar-refractivity contribution is -0.141. The van der Waals surface area contributed by atoms with E-state index in [0.29, 0.717) is 6.61 Å². The third-order valence-corrected chi connectivity index (χ3v) is 2.19. The summed E-state index contributed by atoms with van der Waals surface area (Å²) >= 11 is 0. The Balaban J connectivity index is 3.01. The van der Waals surface area contributed by atoms with E-state index in [9.17, 15) is 4.79 Å². The van der Waals surface area contributed by atoms with Gasteiger partial charge >= 0.3 is 5.97 Å². The lowest BCUT2D eigenvalue weighted by Gasteiger charge is -2.00. The van der Waals surface area contributed by atoms with Crippen molar-refractivity contribution in [2.45, 2.75) is 58.8 Å². The Morgan fingerprint density at radius 3 is 2.40 bits per heavy atom. The maximum atomic E-state index is 10.4. The highest BCUT2D eigenvalue weighted by atomic mass is 16.5. The first-order chi connectivity index (χ1) is 7.27. The van der Waals surface area contributed by atoms with Gasteiger partial charge < -0.3 is 4.74 Å². The fourth-order valence-electron chi connectivity index (χ4n) is 1.34. The maximum Gasteiger partial charge on any atom is 0.302 e. The van der Waals surface area contributed by atoms with E-state index in [0.717, 1.165) is 12.8 Å². The van der Waals surface area contributed by atoms with Crippen LogP contribution in [0.4, 0.5) is 0 Å². The van der Waals surface area contributed by atoms with Crippen LogP contribution in [0.3, 0.4) is 0 Å². The van der Waals surface area contributed by atoms with E-state index in [-0.39, 0.29) is 5.97 Å². The summed E-state index contributed by atoms with van der Waals surface area (Å²) < 4.78 is 4.85. The van der Waals surface area contributed by atoms with Gasteiger partial charge in [-0.3, -0.25) is 4.79 Å². The minimum Gasteiger partial charge on any atom is -0.466 e. The van der Waals surface area contributed by atoms with Crippen LogP contribution in [0.25, 0.3) is 0 Å². The molecule has 2 nitrogen and oxygen atoms in total. The van der Waals surface area contributed by atoms with Crippen molar-refractivity contribution in [3.63, 3.8) is 0 Å². The lowest BCUT2D eigenvalue weighted by atomic mass is 10.1. The summed E-state index contributed by atoms with van der Waals surface area (Å²) in [7, 11) is 0. The normalized spacial score (nSPS) is 10.8. The van der Waals surface area contributed by atoms with Gasteiger partial charge in [0.05, 0.1) is 6.61 Å². The summed E-state index contributed by atoms with van der Waals surface area (Å²) in [6.45, 7) is 4.24. The molecule has 0 saturated carbocycles. The summed E-state index contributed by atoms with van der Waals surface area (Å²) in [5, 5.41) is 0. The molecular formula is C13H24O2. The topological polar surface area (TPSA) is 26.3 Å². The molecule has 0 atom stereocenters. The van der Waals surface area contributed by atoms with Crippen LogP contribution in [-0.2, 0) is 9.53 Å². The molecule has 0 saturated heterocycles. The largest absolute Gasteiger partial charge is 0.466 e. The van der Waals surface area contributed by atoms with Gasteiger partial charge in [0.1, 0.15) is 0 Å². The third kappa shape index (κ3) is 13.2. The van der Waals surface area contributed by atoms with Gasteiger partial charge in [-0.2, -0.15) is 0 Å². The SMILES string of the molecule is CCC/C=C/CCCCCCOC(C)=O. The Kier molecular flexibility index (Phi) is 10.7. The summed E-state index contributed by atoms with van der Waals surface area (Å²) in [6.07, 6.45) is 12.8. The van der Waals surface area contributed by atoms with E-state index in [4.69, 9.17) is 4.74 Å². The number of carbonyl (C=O) groups is 1. The molecule has 0 aliphatic rings. The van der Waals surface area contributed by atoms with Crippen LogP contribution in [-0.4, -0.2) is 12.6 Å². The van der Waals surface area contributed by atoms with Gasteiger partial charge in [0, 0.05) is 6.92 Å². The zero-order valence-corrected chi connectivity index (χ0v) is 10.1. The summed E-state index contributed by atoms with van der Waals surface area (Å²) in [4.78, 5) is 10.4. The van der Waals surface area contributed by atoms with Crippen molar-refractivity contribution in [3.05, 3.63) is 12.2 Å². The molecule has 0 unspecified atom stereocenters. The molecule has 88 valence electrons. The molecule has 0 heterocycles. The van der Waals surface area contributed by atoms with Gasteiger partial charge in [-0.15, -0.1) is 0 Å². The molecule has 0 rings (SSSR count). The summed E-state index contributed by atoms with van der Waals surface area (Å²) in [5.41, 5.74) is 0. The predicted molar refractivity (Wildman–Crippen MR) is 63.8 cm³/mol. The molecule has 0 aromatic carbocycles. The van der Waals surface area contributed by atoms with Crippen molar-refractivity contribution in [2.24, 2.45) is 0 Å². The second kappa shape index (κ2) is 11.3. The monoisotopic (exact) mass is 212 g/mol. The van der Waals surface area contributed by atoms with E-state index in [1.54, 1.807) is 0 Å². The van der Waals surface area contributed by atoms with E-state index in [1.165, 1.54) is 39.0 Å². The first-order valence-electron chi connectivity index (χ1n) is 6.05. The summed E-state index contributed by atoms with van der Waals surface area (Å²) in [6, 6.07) is 0. The van der Waals surface area contributed by atoms with Gasteiger partial charge in [-0.25, -0.2) is 0 Å². The highest BCUT2D eigenvalue weighted by Crippen LogP contribution is 2.04. The molecule has 0 fully saturated rings. The standard InChI is InChI=1S/C13H24O2/c1-3-4-5-6-7-8-9-10-11-12-15-13(2)14/h5-6H,3-4,7-12H2,1-2H3/b6-5+. The van der Waals surface area contributed by atoms with Crippen molar-refractivity contribution in [1.29, 1.82) is 0 Å². The number of unbranched alkanes of at least 4 members (excludes halogenated alkanes) is 5. The Labute approximate surface area is 93.7 Å². The highest BCUT2D eigenvalue weighted by Gasteiger charge is 1.92. The van der Waals surface area contributed by atoms with Crippen LogP contribution in [0.5, 0.6) is 0 Å². The lowest BCUT2D eigenvalue weighted by Crippen LogP contribution is -1.99. The van der Waals surface area contributed by atoms with Gasteiger partial charge in [-0.1, -0.05) is 38.3 Å². The molecule has 0 bridgehead atoms. The van der Waals surface area contributed by atoms with Gasteiger partial charge in [0.25, 0.3) is 0 Å². The second-order valence-corrected chi connectivity index (χ2v) is 3.80. The van der Waals surface area contributed by atoms with E-state index < -0.39 is 0 Å². The molecule has 0 radical (unpaired) electrons. The molecule has 0 aliphatic carbocycles.